The normalized spacial score (nSPS) is 11.2. The van der Waals surface area contributed by atoms with Gasteiger partial charge in [0, 0.05) is 23.0 Å². The van der Waals surface area contributed by atoms with Gasteiger partial charge in [-0.15, -0.1) is 0 Å². The summed E-state index contributed by atoms with van der Waals surface area (Å²) in [4.78, 5) is 24.4. The summed E-state index contributed by atoms with van der Waals surface area (Å²) < 4.78 is 38.5. The zero-order chi connectivity index (χ0) is 24.7. The van der Waals surface area contributed by atoms with E-state index in [4.69, 9.17) is 12.2 Å². The lowest BCUT2D eigenvalue weighted by atomic mass is 10.1. The van der Waals surface area contributed by atoms with Gasteiger partial charge in [0.2, 0.25) is 5.91 Å². The van der Waals surface area contributed by atoms with Crippen LogP contribution in [0.5, 0.6) is 0 Å². The van der Waals surface area contributed by atoms with Crippen molar-refractivity contribution < 1.29 is 22.8 Å². The van der Waals surface area contributed by atoms with Crippen LogP contribution in [0, 0.1) is 6.92 Å². The van der Waals surface area contributed by atoms with Crippen molar-refractivity contribution in [2.24, 2.45) is 0 Å². The molecule has 0 radical (unpaired) electrons. The molecule has 3 rings (SSSR count). The molecule has 0 fully saturated rings. The highest BCUT2D eigenvalue weighted by Crippen LogP contribution is 2.30. The van der Waals surface area contributed by atoms with Gasteiger partial charge in [-0.25, -0.2) is 0 Å². The lowest BCUT2D eigenvalue weighted by Crippen LogP contribution is -2.32. The number of amides is 2. The zero-order valence-corrected chi connectivity index (χ0v) is 18.8. The molecule has 3 aromatic rings. The van der Waals surface area contributed by atoms with E-state index in [0.717, 1.165) is 23.3 Å². The van der Waals surface area contributed by atoms with Crippen molar-refractivity contribution in [2.45, 2.75) is 13.1 Å². The van der Waals surface area contributed by atoms with E-state index in [0.29, 0.717) is 5.69 Å². The Morgan fingerprint density at radius 3 is 2.21 bits per heavy atom. The van der Waals surface area contributed by atoms with Crippen molar-refractivity contribution in [2.75, 3.05) is 10.6 Å². The highest BCUT2D eigenvalue weighted by molar-refractivity contribution is 7.80. The predicted molar refractivity (Wildman–Crippen MR) is 130 cm³/mol. The molecule has 2 amide bonds. The first-order chi connectivity index (χ1) is 16.1. The molecule has 0 atom stereocenters. The van der Waals surface area contributed by atoms with Crippen molar-refractivity contribution >= 4 is 46.6 Å². The van der Waals surface area contributed by atoms with Crippen molar-refractivity contribution in [3.8, 4) is 0 Å². The van der Waals surface area contributed by atoms with Gasteiger partial charge in [-0.2, -0.15) is 13.2 Å². The average Bonchev–Trinajstić information content (AvgIpc) is 2.78. The molecule has 0 spiro atoms. The topological polar surface area (TPSA) is 70.2 Å². The van der Waals surface area contributed by atoms with Crippen LogP contribution in [0.1, 0.15) is 27.0 Å². The summed E-state index contributed by atoms with van der Waals surface area (Å²) >= 11 is 5.13. The van der Waals surface area contributed by atoms with Crippen LogP contribution < -0.4 is 16.0 Å². The van der Waals surface area contributed by atoms with Gasteiger partial charge in [0.05, 0.1) is 5.56 Å². The van der Waals surface area contributed by atoms with Crippen LogP contribution in [0.3, 0.4) is 0 Å². The second-order valence-electron chi connectivity index (χ2n) is 7.30. The average molecular weight is 484 g/mol. The lowest BCUT2D eigenvalue weighted by Gasteiger charge is -2.11. The summed E-state index contributed by atoms with van der Waals surface area (Å²) in [5, 5.41) is 7.86. The largest absolute Gasteiger partial charge is 0.416 e. The molecule has 0 saturated heterocycles. The smallest absolute Gasteiger partial charge is 0.332 e. The molecule has 0 aromatic heterocycles. The number of aryl methyl sites for hydroxylation is 1. The predicted octanol–water partition coefficient (Wildman–Crippen LogP) is 5.79. The maximum Gasteiger partial charge on any atom is 0.416 e. The minimum atomic E-state index is -4.50. The Bertz CT molecular complexity index is 1220. The molecule has 5 nitrogen and oxygen atoms in total. The third-order valence-corrected chi connectivity index (χ3v) is 4.80. The zero-order valence-electron chi connectivity index (χ0n) is 17.9. The summed E-state index contributed by atoms with van der Waals surface area (Å²) in [5.74, 6) is -0.974. The van der Waals surface area contributed by atoms with E-state index < -0.39 is 23.6 Å². The Morgan fingerprint density at radius 2 is 1.56 bits per heavy atom. The van der Waals surface area contributed by atoms with Crippen LogP contribution in [0.25, 0.3) is 6.08 Å². The molecule has 3 aromatic carbocycles. The van der Waals surface area contributed by atoms with Gasteiger partial charge in [-0.05, 0) is 73.2 Å². The van der Waals surface area contributed by atoms with E-state index in [1.54, 1.807) is 18.2 Å². The quantitative estimate of drug-likeness (QED) is 0.317. The summed E-state index contributed by atoms with van der Waals surface area (Å²) in [6.45, 7) is 1.97. The molecule has 0 aliphatic rings. The fourth-order valence-electron chi connectivity index (χ4n) is 2.85. The number of anilines is 2. The molecule has 9 heteroatoms. The summed E-state index contributed by atoms with van der Waals surface area (Å²) in [5.41, 5.74) is 1.92. The third kappa shape index (κ3) is 7.28. The standard InChI is InChI=1S/C25H20F3N3O2S/c1-16-5-7-17(8-6-16)9-14-22(32)31-24(34)30-20-12-10-18(11-13-20)23(33)29-21-4-2-3-19(15-21)25(26,27)28/h2-15H,1H3,(H,29,33)(H2,30,31,32,34)/b14-9+. The number of nitrogens with one attached hydrogen (secondary N) is 3. The van der Waals surface area contributed by atoms with Crippen molar-refractivity contribution in [1.29, 1.82) is 0 Å². The van der Waals surface area contributed by atoms with E-state index >= 15 is 0 Å². The molecule has 0 unspecified atom stereocenters. The summed E-state index contributed by atoms with van der Waals surface area (Å²) in [6, 6.07) is 18.1. The first-order valence-electron chi connectivity index (χ1n) is 10.1. The molecule has 174 valence electrons. The van der Waals surface area contributed by atoms with E-state index in [-0.39, 0.29) is 16.4 Å². The van der Waals surface area contributed by atoms with Crippen molar-refractivity contribution in [1.82, 2.24) is 5.32 Å². The number of hydrogen-bond donors (Lipinski definition) is 3. The minimum absolute atomic E-state index is 0.0320. The maximum atomic E-state index is 12.8. The molecule has 0 aliphatic heterocycles. The molecule has 3 N–H and O–H groups in total. The second kappa shape index (κ2) is 10.8. The van der Waals surface area contributed by atoms with Crippen molar-refractivity contribution in [3.63, 3.8) is 0 Å². The van der Waals surface area contributed by atoms with E-state index in [1.807, 2.05) is 31.2 Å². The van der Waals surface area contributed by atoms with Crippen LogP contribution in [-0.2, 0) is 11.0 Å². The highest BCUT2D eigenvalue weighted by atomic mass is 32.1. The van der Waals surface area contributed by atoms with Gasteiger partial charge in [-0.3, -0.25) is 14.9 Å². The lowest BCUT2D eigenvalue weighted by molar-refractivity contribution is -0.137. The highest BCUT2D eigenvalue weighted by Gasteiger charge is 2.30. The molecule has 0 bridgehead atoms. The monoisotopic (exact) mass is 483 g/mol. The van der Waals surface area contributed by atoms with Crippen LogP contribution in [0.4, 0.5) is 24.5 Å². The summed E-state index contributed by atoms with van der Waals surface area (Å²) in [7, 11) is 0. The number of benzene rings is 3. The van der Waals surface area contributed by atoms with Crippen LogP contribution in [-0.4, -0.2) is 16.9 Å². The maximum absolute atomic E-state index is 12.8. The Labute approximate surface area is 199 Å². The Morgan fingerprint density at radius 1 is 0.882 bits per heavy atom. The number of rotatable bonds is 5. The molecular formula is C25H20F3N3O2S. The first-order valence-corrected chi connectivity index (χ1v) is 10.5. The Hall–Kier alpha value is -3.98. The third-order valence-electron chi connectivity index (χ3n) is 4.59. The number of carbonyl (C=O) groups is 2. The fourth-order valence-corrected chi connectivity index (χ4v) is 3.07. The molecular weight excluding hydrogens is 463 g/mol. The second-order valence-corrected chi connectivity index (χ2v) is 7.71. The number of halogens is 3. The molecule has 0 heterocycles. The van der Waals surface area contributed by atoms with Gasteiger partial charge >= 0.3 is 6.18 Å². The van der Waals surface area contributed by atoms with Crippen LogP contribution >= 0.6 is 12.2 Å². The first kappa shape index (κ1) is 24.7. The Kier molecular flexibility index (Phi) is 7.80. The number of alkyl halides is 3. The summed E-state index contributed by atoms with van der Waals surface area (Å²) in [6.07, 6.45) is -1.48. The molecule has 0 saturated carbocycles. The van der Waals surface area contributed by atoms with Gasteiger partial charge in [0.15, 0.2) is 5.11 Å². The minimum Gasteiger partial charge on any atom is -0.332 e. The van der Waals surface area contributed by atoms with E-state index in [9.17, 15) is 22.8 Å². The van der Waals surface area contributed by atoms with Crippen LogP contribution in [0.15, 0.2) is 78.9 Å². The van der Waals surface area contributed by atoms with Gasteiger partial charge in [-0.1, -0.05) is 35.9 Å². The number of carbonyl (C=O) groups excluding carboxylic acids is 2. The number of thiocarbonyl (C=S) groups is 1. The van der Waals surface area contributed by atoms with Gasteiger partial charge in [0.1, 0.15) is 0 Å². The van der Waals surface area contributed by atoms with Crippen LogP contribution in [0.2, 0.25) is 0 Å². The van der Waals surface area contributed by atoms with E-state index in [2.05, 4.69) is 16.0 Å². The molecule has 34 heavy (non-hydrogen) atoms. The van der Waals surface area contributed by atoms with E-state index in [1.165, 1.54) is 30.3 Å². The van der Waals surface area contributed by atoms with Gasteiger partial charge in [0.25, 0.3) is 5.91 Å². The SMILES string of the molecule is Cc1ccc(/C=C/C(=O)NC(=S)Nc2ccc(C(=O)Nc3cccc(C(F)(F)F)c3)cc2)cc1. The molecule has 0 aliphatic carbocycles. The van der Waals surface area contributed by atoms with Crippen molar-refractivity contribution in [3.05, 3.63) is 101 Å². The van der Waals surface area contributed by atoms with Gasteiger partial charge < -0.3 is 10.6 Å². The Balaban J connectivity index is 1.53. The fraction of sp³-hybridized carbons (Fsp3) is 0.0800. The number of hydrogen-bond acceptors (Lipinski definition) is 3.